The zero-order valence-corrected chi connectivity index (χ0v) is 17.6. The molecular formula is C18H23F3IN3O3. The Morgan fingerprint density at radius 3 is 2.61 bits per heavy atom. The SMILES string of the molecule is CN=C(NCCCOCc1ccco1)NCc1ccccc1OC(F)(F)F.I. The molecule has 0 fully saturated rings. The van der Waals surface area contributed by atoms with Crippen molar-refractivity contribution in [2.24, 2.45) is 4.99 Å². The Morgan fingerprint density at radius 1 is 1.14 bits per heavy atom. The summed E-state index contributed by atoms with van der Waals surface area (Å²) in [4.78, 5) is 4.04. The van der Waals surface area contributed by atoms with Gasteiger partial charge in [0.25, 0.3) is 0 Å². The largest absolute Gasteiger partial charge is 0.573 e. The maximum atomic E-state index is 12.4. The van der Waals surface area contributed by atoms with Gasteiger partial charge in [0.2, 0.25) is 0 Å². The Morgan fingerprint density at radius 2 is 1.93 bits per heavy atom. The van der Waals surface area contributed by atoms with Crippen molar-refractivity contribution in [3.8, 4) is 5.75 Å². The van der Waals surface area contributed by atoms with Gasteiger partial charge in [0.15, 0.2) is 5.96 Å². The van der Waals surface area contributed by atoms with Crippen LogP contribution in [0.5, 0.6) is 5.75 Å². The maximum absolute atomic E-state index is 12.4. The molecule has 2 N–H and O–H groups in total. The third kappa shape index (κ3) is 9.31. The monoisotopic (exact) mass is 513 g/mol. The number of aliphatic imine (C=N–C) groups is 1. The maximum Gasteiger partial charge on any atom is 0.573 e. The lowest BCUT2D eigenvalue weighted by Crippen LogP contribution is -2.37. The molecule has 0 radical (unpaired) electrons. The van der Waals surface area contributed by atoms with Crippen molar-refractivity contribution in [2.45, 2.75) is 25.9 Å². The molecule has 6 nitrogen and oxygen atoms in total. The topological polar surface area (TPSA) is 68.0 Å². The quantitative estimate of drug-likeness (QED) is 0.229. The van der Waals surface area contributed by atoms with Gasteiger partial charge in [0.1, 0.15) is 18.1 Å². The summed E-state index contributed by atoms with van der Waals surface area (Å²) in [7, 11) is 1.58. The van der Waals surface area contributed by atoms with Crippen LogP contribution in [0.1, 0.15) is 17.7 Å². The molecule has 0 amide bonds. The molecule has 0 bridgehead atoms. The molecule has 0 atom stereocenters. The van der Waals surface area contributed by atoms with E-state index in [2.05, 4.69) is 20.4 Å². The number of guanidine groups is 1. The number of halogens is 4. The summed E-state index contributed by atoms with van der Waals surface area (Å²) in [6, 6.07) is 9.60. The number of benzene rings is 1. The zero-order chi connectivity index (χ0) is 19.5. The zero-order valence-electron chi connectivity index (χ0n) is 15.3. The van der Waals surface area contributed by atoms with Crippen LogP contribution in [0.3, 0.4) is 0 Å². The second-order valence-corrected chi connectivity index (χ2v) is 5.49. The third-order valence-corrected chi connectivity index (χ3v) is 3.45. The average molecular weight is 513 g/mol. The Labute approximate surface area is 178 Å². The highest BCUT2D eigenvalue weighted by molar-refractivity contribution is 14.0. The highest BCUT2D eigenvalue weighted by Gasteiger charge is 2.31. The summed E-state index contributed by atoms with van der Waals surface area (Å²) < 4.78 is 52.0. The van der Waals surface area contributed by atoms with Crippen LogP contribution >= 0.6 is 24.0 Å². The number of hydrogen-bond donors (Lipinski definition) is 2. The first-order valence-electron chi connectivity index (χ1n) is 8.36. The van der Waals surface area contributed by atoms with E-state index in [-0.39, 0.29) is 36.3 Å². The number of hydrogen-bond acceptors (Lipinski definition) is 4. The van der Waals surface area contributed by atoms with Crippen molar-refractivity contribution >= 4 is 29.9 Å². The molecule has 10 heteroatoms. The van der Waals surface area contributed by atoms with Crippen LogP contribution < -0.4 is 15.4 Å². The number of para-hydroxylation sites is 1. The predicted molar refractivity (Wildman–Crippen MR) is 110 cm³/mol. The van der Waals surface area contributed by atoms with Crippen molar-refractivity contribution in [1.29, 1.82) is 0 Å². The molecule has 0 aliphatic heterocycles. The molecule has 1 aromatic heterocycles. The normalized spacial score (nSPS) is 11.6. The van der Waals surface area contributed by atoms with Crippen LogP contribution in [-0.4, -0.2) is 32.5 Å². The minimum atomic E-state index is -4.73. The van der Waals surface area contributed by atoms with E-state index in [4.69, 9.17) is 9.15 Å². The van der Waals surface area contributed by atoms with Gasteiger partial charge < -0.3 is 24.5 Å². The Balaban J connectivity index is 0.00000392. The van der Waals surface area contributed by atoms with Crippen LogP contribution in [0.15, 0.2) is 52.1 Å². The first-order chi connectivity index (χ1) is 13.0. The Bertz CT molecular complexity index is 710. The lowest BCUT2D eigenvalue weighted by atomic mass is 10.2. The second-order valence-electron chi connectivity index (χ2n) is 5.49. The number of rotatable bonds is 9. The van der Waals surface area contributed by atoms with Crippen molar-refractivity contribution in [3.05, 3.63) is 54.0 Å². The molecule has 0 aliphatic carbocycles. The number of alkyl halides is 3. The van der Waals surface area contributed by atoms with Gasteiger partial charge >= 0.3 is 6.36 Å². The molecule has 0 aliphatic rings. The second kappa shape index (κ2) is 12.5. The van der Waals surface area contributed by atoms with E-state index in [1.54, 1.807) is 31.5 Å². The standard InChI is InChI=1S/C18H22F3N3O3.HI/c1-22-17(23-9-5-10-25-13-15-7-4-11-26-15)24-12-14-6-2-3-8-16(14)27-18(19,20)21;/h2-4,6-8,11H,5,9-10,12-13H2,1H3,(H2,22,23,24);1H. The summed E-state index contributed by atoms with van der Waals surface area (Å²) in [5, 5.41) is 6.03. The lowest BCUT2D eigenvalue weighted by molar-refractivity contribution is -0.274. The van der Waals surface area contributed by atoms with Crippen LogP contribution in [0, 0.1) is 0 Å². The average Bonchev–Trinajstić information content (AvgIpc) is 3.14. The van der Waals surface area contributed by atoms with Crippen LogP contribution in [0.25, 0.3) is 0 Å². The van der Waals surface area contributed by atoms with Crippen molar-refractivity contribution in [2.75, 3.05) is 20.2 Å². The van der Waals surface area contributed by atoms with E-state index >= 15 is 0 Å². The summed E-state index contributed by atoms with van der Waals surface area (Å²) in [6.07, 6.45) is -2.41. The van der Waals surface area contributed by atoms with Crippen molar-refractivity contribution in [3.63, 3.8) is 0 Å². The van der Waals surface area contributed by atoms with Crippen molar-refractivity contribution < 1.29 is 27.1 Å². The van der Waals surface area contributed by atoms with Gasteiger partial charge in [-0.05, 0) is 24.6 Å². The molecule has 1 aromatic carbocycles. The summed E-state index contributed by atoms with van der Waals surface area (Å²) in [5.41, 5.74) is 0.375. The van der Waals surface area contributed by atoms with E-state index in [0.29, 0.717) is 31.3 Å². The van der Waals surface area contributed by atoms with Gasteiger partial charge in [-0.25, -0.2) is 0 Å². The molecule has 156 valence electrons. The highest BCUT2D eigenvalue weighted by Crippen LogP contribution is 2.25. The molecule has 0 spiro atoms. The van der Waals surface area contributed by atoms with Gasteiger partial charge in [-0.15, -0.1) is 37.1 Å². The molecule has 0 saturated heterocycles. The number of furan rings is 1. The number of ether oxygens (including phenoxy) is 2. The van der Waals surface area contributed by atoms with Crippen LogP contribution in [0.2, 0.25) is 0 Å². The van der Waals surface area contributed by atoms with E-state index in [1.165, 1.54) is 12.1 Å². The summed E-state index contributed by atoms with van der Waals surface area (Å²) in [6.45, 7) is 1.68. The predicted octanol–water partition coefficient (Wildman–Crippen LogP) is 4.07. The first kappa shape index (κ1) is 24.1. The fourth-order valence-electron chi connectivity index (χ4n) is 2.22. The highest BCUT2D eigenvalue weighted by atomic mass is 127. The lowest BCUT2D eigenvalue weighted by Gasteiger charge is -2.15. The van der Waals surface area contributed by atoms with E-state index in [0.717, 1.165) is 12.2 Å². The van der Waals surface area contributed by atoms with Gasteiger partial charge in [-0.3, -0.25) is 4.99 Å². The molecule has 0 unspecified atom stereocenters. The molecule has 2 rings (SSSR count). The third-order valence-electron chi connectivity index (χ3n) is 3.45. The van der Waals surface area contributed by atoms with Gasteiger partial charge in [0, 0.05) is 32.3 Å². The summed E-state index contributed by atoms with van der Waals surface area (Å²) >= 11 is 0. The fourth-order valence-corrected chi connectivity index (χ4v) is 2.22. The van der Waals surface area contributed by atoms with Crippen LogP contribution in [-0.2, 0) is 17.9 Å². The van der Waals surface area contributed by atoms with E-state index < -0.39 is 6.36 Å². The fraction of sp³-hybridized carbons (Fsp3) is 0.389. The van der Waals surface area contributed by atoms with Gasteiger partial charge in [-0.1, -0.05) is 18.2 Å². The van der Waals surface area contributed by atoms with E-state index in [1.807, 2.05) is 6.07 Å². The molecule has 28 heavy (non-hydrogen) atoms. The minimum Gasteiger partial charge on any atom is -0.467 e. The minimum absolute atomic E-state index is 0. The molecule has 2 aromatic rings. The smallest absolute Gasteiger partial charge is 0.467 e. The number of nitrogens with one attached hydrogen (secondary N) is 2. The molecule has 1 heterocycles. The van der Waals surface area contributed by atoms with Gasteiger partial charge in [0.05, 0.1) is 6.26 Å². The number of nitrogens with zero attached hydrogens (tertiary/aromatic N) is 1. The molecular weight excluding hydrogens is 490 g/mol. The van der Waals surface area contributed by atoms with Gasteiger partial charge in [-0.2, -0.15) is 0 Å². The Hall–Kier alpha value is -1.95. The van der Waals surface area contributed by atoms with Crippen molar-refractivity contribution in [1.82, 2.24) is 10.6 Å². The molecule has 0 saturated carbocycles. The van der Waals surface area contributed by atoms with E-state index in [9.17, 15) is 13.2 Å². The first-order valence-corrected chi connectivity index (χ1v) is 8.36. The summed E-state index contributed by atoms with van der Waals surface area (Å²) in [5.74, 6) is 1.00. The Kier molecular flexibility index (Phi) is 10.8. The van der Waals surface area contributed by atoms with Crippen LogP contribution in [0.4, 0.5) is 13.2 Å².